The first-order chi connectivity index (χ1) is 14.5. The molecule has 1 atom stereocenters. The first kappa shape index (κ1) is 19.5. The van der Waals surface area contributed by atoms with Crippen molar-refractivity contribution < 1.29 is 9.18 Å². The summed E-state index contributed by atoms with van der Waals surface area (Å²) >= 11 is 0. The van der Waals surface area contributed by atoms with Crippen LogP contribution in [0.1, 0.15) is 34.5 Å². The molecule has 150 valence electrons. The fourth-order valence-corrected chi connectivity index (χ4v) is 3.41. The van der Waals surface area contributed by atoms with E-state index in [1.165, 1.54) is 16.7 Å². The predicted molar refractivity (Wildman–Crippen MR) is 114 cm³/mol. The van der Waals surface area contributed by atoms with E-state index >= 15 is 0 Å². The molecular formula is C24H20FN3O2. The van der Waals surface area contributed by atoms with Crippen LogP contribution in [0, 0.1) is 5.82 Å². The molecule has 0 spiro atoms. The maximum Gasteiger partial charge on any atom is 0.265 e. The third-order valence-electron chi connectivity index (χ3n) is 5.03. The summed E-state index contributed by atoms with van der Waals surface area (Å²) in [6.45, 7) is 1.84. The van der Waals surface area contributed by atoms with Gasteiger partial charge in [-0.3, -0.25) is 14.2 Å². The lowest BCUT2D eigenvalue weighted by molar-refractivity contribution is 0.0938. The van der Waals surface area contributed by atoms with Crippen LogP contribution in [0.15, 0.2) is 83.8 Å². The minimum atomic E-state index is -0.512. The number of amides is 1. The number of hydrogen-bond acceptors (Lipinski definition) is 3. The number of nitrogens with zero attached hydrogens (tertiary/aromatic N) is 2. The van der Waals surface area contributed by atoms with Gasteiger partial charge in [-0.15, -0.1) is 0 Å². The Bertz CT molecular complexity index is 1270. The molecule has 0 aliphatic rings. The summed E-state index contributed by atoms with van der Waals surface area (Å²) in [7, 11) is 0. The Morgan fingerprint density at radius 3 is 2.57 bits per heavy atom. The molecule has 0 saturated carbocycles. The Hall–Kier alpha value is -3.80. The number of aromatic nitrogens is 2. The van der Waals surface area contributed by atoms with Crippen molar-refractivity contribution in [1.29, 1.82) is 0 Å². The first-order valence-electron chi connectivity index (χ1n) is 9.62. The number of halogens is 1. The molecule has 0 aliphatic heterocycles. The van der Waals surface area contributed by atoms with E-state index in [1.54, 1.807) is 36.5 Å². The van der Waals surface area contributed by atoms with Gasteiger partial charge in [-0.2, -0.15) is 0 Å². The van der Waals surface area contributed by atoms with Gasteiger partial charge in [-0.25, -0.2) is 9.37 Å². The smallest absolute Gasteiger partial charge is 0.265 e. The van der Waals surface area contributed by atoms with E-state index < -0.39 is 17.3 Å². The molecular weight excluding hydrogens is 381 g/mol. The van der Waals surface area contributed by atoms with Gasteiger partial charge in [-0.1, -0.05) is 48.5 Å². The zero-order valence-electron chi connectivity index (χ0n) is 16.4. The molecule has 2 heterocycles. The SMILES string of the molecule is C[C@@H](NC(=O)c1cc2cccnc2n(Cc2ccccc2F)c1=O)c1ccccc1. The molecule has 0 bridgehead atoms. The average Bonchev–Trinajstić information content (AvgIpc) is 2.77. The predicted octanol–water partition coefficient (Wildman–Crippen LogP) is 4.07. The molecule has 0 saturated heterocycles. The Kier molecular flexibility index (Phi) is 5.39. The van der Waals surface area contributed by atoms with E-state index in [2.05, 4.69) is 10.3 Å². The van der Waals surface area contributed by atoms with Gasteiger partial charge in [0.15, 0.2) is 0 Å². The summed E-state index contributed by atoms with van der Waals surface area (Å²) in [5.74, 6) is -0.898. The Balaban J connectivity index is 1.75. The minimum Gasteiger partial charge on any atom is -0.345 e. The van der Waals surface area contributed by atoms with Crippen molar-refractivity contribution in [3.05, 3.63) is 112 Å². The second kappa shape index (κ2) is 8.29. The maximum atomic E-state index is 14.2. The van der Waals surface area contributed by atoms with Gasteiger partial charge >= 0.3 is 0 Å². The zero-order chi connectivity index (χ0) is 21.1. The number of fused-ring (bicyclic) bond motifs is 1. The van der Waals surface area contributed by atoms with Gasteiger partial charge in [0.05, 0.1) is 12.6 Å². The summed E-state index contributed by atoms with van der Waals surface area (Å²) in [5.41, 5.74) is 1.16. The summed E-state index contributed by atoms with van der Waals surface area (Å²) < 4.78 is 15.6. The molecule has 0 radical (unpaired) electrons. The number of carbonyl (C=O) groups excluding carboxylic acids is 1. The monoisotopic (exact) mass is 401 g/mol. The summed E-state index contributed by atoms with van der Waals surface area (Å²) in [5, 5.41) is 3.50. The molecule has 2 aromatic heterocycles. The lowest BCUT2D eigenvalue weighted by Gasteiger charge is -2.16. The van der Waals surface area contributed by atoms with Gasteiger partial charge in [-0.05, 0) is 36.8 Å². The van der Waals surface area contributed by atoms with Gasteiger partial charge in [0.25, 0.3) is 11.5 Å². The van der Waals surface area contributed by atoms with Crippen molar-refractivity contribution in [3.63, 3.8) is 0 Å². The normalized spacial score (nSPS) is 11.9. The molecule has 2 aromatic carbocycles. The van der Waals surface area contributed by atoms with Crippen molar-refractivity contribution in [2.75, 3.05) is 0 Å². The van der Waals surface area contributed by atoms with Crippen LogP contribution in [0.25, 0.3) is 11.0 Å². The van der Waals surface area contributed by atoms with Crippen molar-refractivity contribution in [3.8, 4) is 0 Å². The topological polar surface area (TPSA) is 64.0 Å². The number of carbonyl (C=O) groups is 1. The van der Waals surface area contributed by atoms with Crippen molar-refractivity contribution in [2.24, 2.45) is 0 Å². The molecule has 1 N–H and O–H groups in total. The molecule has 0 unspecified atom stereocenters. The molecule has 5 nitrogen and oxygen atoms in total. The van der Waals surface area contributed by atoms with Gasteiger partial charge in [0.1, 0.15) is 17.0 Å². The fraction of sp³-hybridized carbons (Fsp3) is 0.125. The Morgan fingerprint density at radius 2 is 1.80 bits per heavy atom. The van der Waals surface area contributed by atoms with Crippen LogP contribution in [0.4, 0.5) is 4.39 Å². The molecule has 4 rings (SSSR count). The minimum absolute atomic E-state index is 0.00498. The third-order valence-corrected chi connectivity index (χ3v) is 5.03. The highest BCUT2D eigenvalue weighted by molar-refractivity contribution is 5.97. The second-order valence-electron chi connectivity index (χ2n) is 7.06. The quantitative estimate of drug-likeness (QED) is 0.548. The van der Waals surface area contributed by atoms with Gasteiger partial charge < -0.3 is 5.32 Å². The molecule has 30 heavy (non-hydrogen) atoms. The van der Waals surface area contributed by atoms with E-state index in [0.29, 0.717) is 16.6 Å². The summed E-state index contributed by atoms with van der Waals surface area (Å²) in [4.78, 5) is 30.4. The lowest BCUT2D eigenvalue weighted by atomic mass is 10.1. The molecule has 0 fully saturated rings. The number of pyridine rings is 2. The van der Waals surface area contributed by atoms with Crippen LogP contribution in [0.5, 0.6) is 0 Å². The van der Waals surface area contributed by atoms with Crippen LogP contribution in [-0.4, -0.2) is 15.5 Å². The number of nitrogens with one attached hydrogen (secondary N) is 1. The maximum absolute atomic E-state index is 14.2. The highest BCUT2D eigenvalue weighted by Crippen LogP contribution is 2.16. The van der Waals surface area contributed by atoms with E-state index in [9.17, 15) is 14.0 Å². The van der Waals surface area contributed by atoms with Crippen LogP contribution < -0.4 is 10.9 Å². The van der Waals surface area contributed by atoms with Gasteiger partial charge in [0.2, 0.25) is 0 Å². The first-order valence-corrected chi connectivity index (χ1v) is 9.62. The van der Waals surface area contributed by atoms with E-state index in [-0.39, 0.29) is 18.2 Å². The second-order valence-corrected chi connectivity index (χ2v) is 7.06. The van der Waals surface area contributed by atoms with Crippen molar-refractivity contribution in [2.45, 2.75) is 19.5 Å². The number of rotatable bonds is 5. The lowest BCUT2D eigenvalue weighted by Crippen LogP contribution is -2.35. The Labute approximate surface area is 172 Å². The van der Waals surface area contributed by atoms with Crippen LogP contribution in [0.2, 0.25) is 0 Å². The third kappa shape index (κ3) is 3.85. The zero-order valence-corrected chi connectivity index (χ0v) is 16.4. The molecule has 6 heteroatoms. The molecule has 1 amide bonds. The summed E-state index contributed by atoms with van der Waals surface area (Å²) in [6.07, 6.45) is 1.57. The van der Waals surface area contributed by atoms with Gasteiger partial charge in [0, 0.05) is 17.1 Å². The van der Waals surface area contributed by atoms with E-state index in [1.807, 2.05) is 37.3 Å². The fourth-order valence-electron chi connectivity index (χ4n) is 3.41. The molecule has 0 aliphatic carbocycles. The van der Waals surface area contributed by atoms with E-state index in [4.69, 9.17) is 0 Å². The largest absolute Gasteiger partial charge is 0.345 e. The van der Waals surface area contributed by atoms with Crippen molar-refractivity contribution in [1.82, 2.24) is 14.9 Å². The number of benzene rings is 2. The van der Waals surface area contributed by atoms with Crippen molar-refractivity contribution >= 4 is 16.9 Å². The highest BCUT2D eigenvalue weighted by atomic mass is 19.1. The van der Waals surface area contributed by atoms with E-state index in [0.717, 1.165) is 5.56 Å². The number of hydrogen-bond donors (Lipinski definition) is 1. The Morgan fingerprint density at radius 1 is 1.07 bits per heavy atom. The summed E-state index contributed by atoms with van der Waals surface area (Å²) in [6, 6.07) is 20.5. The highest BCUT2D eigenvalue weighted by Gasteiger charge is 2.19. The van der Waals surface area contributed by atoms with Crippen LogP contribution in [-0.2, 0) is 6.54 Å². The van der Waals surface area contributed by atoms with Crippen LogP contribution in [0.3, 0.4) is 0 Å². The van der Waals surface area contributed by atoms with Crippen LogP contribution >= 0.6 is 0 Å². The molecule has 4 aromatic rings. The average molecular weight is 401 g/mol. The standard InChI is InChI=1S/C24H20FN3O2/c1-16(17-8-3-2-4-9-17)27-23(29)20-14-18-11-7-13-26-22(18)28(24(20)30)15-19-10-5-6-12-21(19)25/h2-14,16H,15H2,1H3,(H,27,29)/t16-/m1/s1.